The number of nitrogens with zero attached hydrogens (tertiary/aromatic N) is 3. The van der Waals surface area contributed by atoms with Gasteiger partial charge in [0.2, 0.25) is 0 Å². The highest BCUT2D eigenvalue weighted by Crippen LogP contribution is 2.35. The molecular weight excluding hydrogens is 358 g/mol. The fourth-order valence-electron chi connectivity index (χ4n) is 3.21. The zero-order chi connectivity index (χ0) is 16.9. The number of Topliss-reactive ketones (excluding diaryl/α,β-unsaturated/α-hetero) is 1. The normalized spacial score (nSPS) is 16.0. The second-order valence-electron chi connectivity index (χ2n) is 6.69. The van der Waals surface area contributed by atoms with Crippen molar-refractivity contribution in [3.8, 4) is 11.8 Å². The summed E-state index contributed by atoms with van der Waals surface area (Å²) in [5, 5.41) is 9.04. The van der Waals surface area contributed by atoms with Crippen LogP contribution in [0.5, 0.6) is 0 Å². The summed E-state index contributed by atoms with van der Waals surface area (Å²) in [4.78, 5) is 25.1. The molecule has 0 bridgehead atoms. The van der Waals surface area contributed by atoms with Crippen LogP contribution in [-0.4, -0.2) is 14.9 Å². The summed E-state index contributed by atoms with van der Waals surface area (Å²) in [5.74, 6) is 0.00214. The highest BCUT2D eigenvalue weighted by molar-refractivity contribution is 9.10. The van der Waals surface area contributed by atoms with Crippen LogP contribution in [0.3, 0.4) is 0 Å². The van der Waals surface area contributed by atoms with E-state index < -0.39 is 0 Å². The van der Waals surface area contributed by atoms with Crippen molar-refractivity contribution < 1.29 is 4.79 Å². The number of ketones is 1. The van der Waals surface area contributed by atoms with Crippen LogP contribution in [0, 0.1) is 16.7 Å². The number of fused-ring (bicyclic) bond motifs is 1. The maximum Gasteiger partial charge on any atom is 0.333 e. The van der Waals surface area contributed by atoms with Gasteiger partial charge in [0.15, 0.2) is 5.78 Å². The molecule has 0 aliphatic heterocycles. The van der Waals surface area contributed by atoms with Crippen molar-refractivity contribution in [1.29, 1.82) is 5.26 Å². The summed E-state index contributed by atoms with van der Waals surface area (Å²) in [6.07, 6.45) is 1.09. The van der Waals surface area contributed by atoms with E-state index in [2.05, 4.69) is 22.0 Å². The van der Waals surface area contributed by atoms with E-state index >= 15 is 0 Å². The second kappa shape index (κ2) is 5.20. The van der Waals surface area contributed by atoms with E-state index in [1.54, 1.807) is 29.8 Å². The summed E-state index contributed by atoms with van der Waals surface area (Å²) in [6.45, 7) is 4.06. The fraction of sp³-hybridized carbons (Fsp3) is 0.353. The quantitative estimate of drug-likeness (QED) is 0.771. The number of imidazole rings is 1. The van der Waals surface area contributed by atoms with Crippen LogP contribution < -0.4 is 5.69 Å². The van der Waals surface area contributed by atoms with Gasteiger partial charge in [-0.2, -0.15) is 5.26 Å². The maximum absolute atomic E-state index is 12.7. The molecule has 0 N–H and O–H groups in total. The monoisotopic (exact) mass is 373 g/mol. The number of hydrogen-bond donors (Lipinski definition) is 0. The standard InChI is InChI=1S/C17H16BrN3O2/c1-17(2)7-13-15(14(22)8-17)20(3)16(23)21(13)11-5-4-10(9-19)12(18)6-11/h4-6H,7-8H2,1-3H3. The Morgan fingerprint density at radius 3 is 2.57 bits per heavy atom. The summed E-state index contributed by atoms with van der Waals surface area (Å²) < 4.78 is 3.64. The molecule has 0 atom stereocenters. The van der Waals surface area contributed by atoms with Gasteiger partial charge >= 0.3 is 5.69 Å². The lowest BCUT2D eigenvalue weighted by Gasteiger charge is -2.29. The average Bonchev–Trinajstić information content (AvgIpc) is 2.69. The molecule has 0 radical (unpaired) electrons. The Balaban J connectivity index is 2.28. The van der Waals surface area contributed by atoms with E-state index in [1.165, 1.54) is 4.57 Å². The second-order valence-corrected chi connectivity index (χ2v) is 7.54. The lowest BCUT2D eigenvalue weighted by Crippen LogP contribution is -2.29. The van der Waals surface area contributed by atoms with Gasteiger partial charge in [-0.05, 0) is 46.0 Å². The Morgan fingerprint density at radius 2 is 1.96 bits per heavy atom. The van der Waals surface area contributed by atoms with Crippen LogP contribution in [0.25, 0.3) is 5.69 Å². The number of halogens is 1. The highest BCUT2D eigenvalue weighted by Gasteiger charge is 2.36. The van der Waals surface area contributed by atoms with Crippen molar-refractivity contribution in [3.05, 3.63) is 50.1 Å². The molecule has 0 saturated carbocycles. The van der Waals surface area contributed by atoms with Gasteiger partial charge in [-0.25, -0.2) is 4.79 Å². The van der Waals surface area contributed by atoms with Crippen molar-refractivity contribution >= 4 is 21.7 Å². The summed E-state index contributed by atoms with van der Waals surface area (Å²) in [6, 6.07) is 7.23. The lowest BCUT2D eigenvalue weighted by atomic mass is 9.77. The number of rotatable bonds is 1. The first kappa shape index (κ1) is 15.8. The molecular formula is C17H16BrN3O2. The van der Waals surface area contributed by atoms with E-state index in [0.29, 0.717) is 34.3 Å². The predicted octanol–water partition coefficient (Wildman–Crippen LogP) is 2.97. The molecule has 6 heteroatoms. The third-order valence-electron chi connectivity index (χ3n) is 4.24. The first-order valence-electron chi connectivity index (χ1n) is 7.29. The molecule has 1 aliphatic rings. The van der Waals surface area contributed by atoms with Crippen molar-refractivity contribution in [2.24, 2.45) is 12.5 Å². The van der Waals surface area contributed by atoms with Crippen molar-refractivity contribution in [2.45, 2.75) is 26.7 Å². The Labute approximate surface area is 142 Å². The lowest BCUT2D eigenvalue weighted by molar-refractivity contribution is 0.0901. The molecule has 0 amide bonds. The van der Waals surface area contributed by atoms with Crippen molar-refractivity contribution in [3.63, 3.8) is 0 Å². The highest BCUT2D eigenvalue weighted by atomic mass is 79.9. The van der Waals surface area contributed by atoms with Crippen molar-refractivity contribution in [1.82, 2.24) is 9.13 Å². The minimum absolute atomic E-state index is 0.00214. The van der Waals surface area contributed by atoms with Gasteiger partial charge in [0, 0.05) is 17.9 Å². The van der Waals surface area contributed by atoms with Gasteiger partial charge in [0.1, 0.15) is 11.8 Å². The molecule has 2 aromatic rings. The molecule has 0 fully saturated rings. The molecule has 5 nitrogen and oxygen atoms in total. The molecule has 1 aliphatic carbocycles. The van der Waals surface area contributed by atoms with Gasteiger partial charge in [-0.1, -0.05) is 13.8 Å². The molecule has 118 valence electrons. The van der Waals surface area contributed by atoms with Crippen LogP contribution in [-0.2, 0) is 13.5 Å². The van der Waals surface area contributed by atoms with E-state index in [0.717, 1.165) is 5.69 Å². The molecule has 0 saturated heterocycles. The van der Waals surface area contributed by atoms with E-state index in [-0.39, 0.29) is 16.9 Å². The Hall–Kier alpha value is -2.13. The van der Waals surface area contributed by atoms with Crippen LogP contribution in [0.4, 0.5) is 0 Å². The summed E-state index contributed by atoms with van der Waals surface area (Å²) in [7, 11) is 1.63. The Kier molecular flexibility index (Phi) is 3.56. The zero-order valence-electron chi connectivity index (χ0n) is 13.2. The Morgan fingerprint density at radius 1 is 1.26 bits per heavy atom. The molecule has 0 spiro atoms. The molecule has 1 heterocycles. The van der Waals surface area contributed by atoms with Crippen LogP contribution in [0.1, 0.15) is 42.0 Å². The fourth-order valence-corrected chi connectivity index (χ4v) is 3.66. The van der Waals surface area contributed by atoms with Gasteiger partial charge in [-0.15, -0.1) is 0 Å². The minimum Gasteiger partial charge on any atom is -0.292 e. The van der Waals surface area contributed by atoms with E-state index in [4.69, 9.17) is 5.26 Å². The summed E-state index contributed by atoms with van der Waals surface area (Å²) in [5.41, 5.74) is 1.98. The first-order chi connectivity index (χ1) is 10.7. The maximum atomic E-state index is 12.7. The number of hydrogen-bond acceptors (Lipinski definition) is 3. The molecule has 23 heavy (non-hydrogen) atoms. The number of nitriles is 1. The summed E-state index contributed by atoms with van der Waals surface area (Å²) >= 11 is 3.35. The van der Waals surface area contributed by atoms with E-state index in [1.807, 2.05) is 13.8 Å². The van der Waals surface area contributed by atoms with Crippen molar-refractivity contribution in [2.75, 3.05) is 0 Å². The average molecular weight is 374 g/mol. The predicted molar refractivity (Wildman–Crippen MR) is 89.9 cm³/mol. The molecule has 1 aromatic heterocycles. The smallest absolute Gasteiger partial charge is 0.292 e. The number of carbonyl (C=O) groups excluding carboxylic acids is 1. The third kappa shape index (κ3) is 2.45. The molecule has 1 aromatic carbocycles. The van der Waals surface area contributed by atoms with Gasteiger partial charge in [0.25, 0.3) is 0 Å². The SMILES string of the molecule is Cn1c2c(n(-c3ccc(C#N)c(Br)c3)c1=O)CC(C)(C)CC2=O. The van der Waals surface area contributed by atoms with Gasteiger partial charge < -0.3 is 0 Å². The Bertz CT molecular complexity index is 929. The minimum atomic E-state index is -0.238. The molecule has 3 rings (SSSR count). The first-order valence-corrected chi connectivity index (χ1v) is 8.08. The zero-order valence-corrected chi connectivity index (χ0v) is 14.8. The molecule has 0 unspecified atom stereocenters. The van der Waals surface area contributed by atoms with Crippen LogP contribution in [0.15, 0.2) is 27.5 Å². The number of benzene rings is 1. The number of carbonyl (C=O) groups is 1. The topological polar surface area (TPSA) is 67.8 Å². The third-order valence-corrected chi connectivity index (χ3v) is 4.89. The largest absolute Gasteiger partial charge is 0.333 e. The van der Waals surface area contributed by atoms with Crippen LogP contribution >= 0.6 is 15.9 Å². The van der Waals surface area contributed by atoms with E-state index in [9.17, 15) is 9.59 Å². The van der Waals surface area contributed by atoms with Crippen LogP contribution in [0.2, 0.25) is 0 Å². The van der Waals surface area contributed by atoms with Gasteiger partial charge in [-0.3, -0.25) is 13.9 Å². The van der Waals surface area contributed by atoms with Gasteiger partial charge in [0.05, 0.1) is 16.9 Å². The number of aromatic nitrogens is 2.